The molecule has 3 nitrogen and oxygen atoms in total. The number of rotatable bonds is 1. The Bertz CT molecular complexity index is 434. The van der Waals surface area contributed by atoms with E-state index in [1.54, 1.807) is 6.92 Å². The van der Waals surface area contributed by atoms with Crippen molar-refractivity contribution in [3.05, 3.63) is 27.4 Å². The molecule has 0 saturated carbocycles. The fourth-order valence-electron chi connectivity index (χ4n) is 1.35. The molecular formula is C9H11F3N2O. The molecular weight excluding hydrogens is 209 g/mol. The molecule has 0 unspecified atom stereocenters. The lowest BCUT2D eigenvalue weighted by Gasteiger charge is -2.12. The van der Waals surface area contributed by atoms with Gasteiger partial charge < -0.3 is 0 Å². The summed E-state index contributed by atoms with van der Waals surface area (Å²) >= 11 is 0. The number of alkyl halides is 3. The first-order valence-electron chi connectivity index (χ1n) is 4.42. The zero-order valence-corrected chi connectivity index (χ0v) is 8.64. The van der Waals surface area contributed by atoms with E-state index in [2.05, 4.69) is 4.98 Å². The second-order valence-corrected chi connectivity index (χ2v) is 3.22. The Kier molecular flexibility index (Phi) is 2.88. The largest absolute Gasteiger partial charge is 0.433 e. The number of halogens is 3. The topological polar surface area (TPSA) is 34.9 Å². The lowest BCUT2D eigenvalue weighted by Crippen LogP contribution is -2.29. The van der Waals surface area contributed by atoms with Gasteiger partial charge in [-0.15, -0.1) is 0 Å². The molecule has 0 aliphatic carbocycles. The van der Waals surface area contributed by atoms with E-state index < -0.39 is 17.4 Å². The smallest absolute Gasteiger partial charge is 0.300 e. The summed E-state index contributed by atoms with van der Waals surface area (Å²) in [6, 6.07) is 0. The molecule has 1 aromatic heterocycles. The van der Waals surface area contributed by atoms with Crippen molar-refractivity contribution in [2.45, 2.75) is 26.4 Å². The van der Waals surface area contributed by atoms with Crippen LogP contribution in [0.5, 0.6) is 0 Å². The lowest BCUT2D eigenvalue weighted by atomic mass is 10.2. The van der Waals surface area contributed by atoms with Gasteiger partial charge in [0.2, 0.25) is 0 Å². The average molecular weight is 220 g/mol. The van der Waals surface area contributed by atoms with E-state index in [4.69, 9.17) is 0 Å². The molecule has 0 spiro atoms. The summed E-state index contributed by atoms with van der Waals surface area (Å²) in [6.45, 7) is 2.79. The third-order valence-electron chi connectivity index (χ3n) is 2.19. The van der Waals surface area contributed by atoms with Gasteiger partial charge in [-0.1, -0.05) is 6.92 Å². The van der Waals surface area contributed by atoms with Crippen LogP contribution in [0.1, 0.15) is 24.0 Å². The molecule has 6 heteroatoms. The van der Waals surface area contributed by atoms with Crippen molar-refractivity contribution in [1.29, 1.82) is 0 Å². The maximum Gasteiger partial charge on any atom is 0.433 e. The Hall–Kier alpha value is -1.33. The van der Waals surface area contributed by atoms with Gasteiger partial charge in [0.15, 0.2) is 5.69 Å². The van der Waals surface area contributed by atoms with Crippen molar-refractivity contribution in [2.24, 2.45) is 7.05 Å². The summed E-state index contributed by atoms with van der Waals surface area (Å²) in [5.74, 6) is 0.137. The molecule has 0 saturated heterocycles. The van der Waals surface area contributed by atoms with Gasteiger partial charge in [-0.3, -0.25) is 9.36 Å². The quantitative estimate of drug-likeness (QED) is 0.721. The molecule has 0 amide bonds. The first-order chi connectivity index (χ1) is 6.79. The summed E-state index contributed by atoms with van der Waals surface area (Å²) in [5.41, 5.74) is -2.08. The predicted molar refractivity (Wildman–Crippen MR) is 48.6 cm³/mol. The molecule has 0 aromatic carbocycles. The SMILES string of the molecule is CCc1nc(C(F)(F)F)c(C)c(=O)n1C. The Balaban J connectivity index is 3.57. The van der Waals surface area contributed by atoms with Crippen molar-refractivity contribution in [3.8, 4) is 0 Å². The zero-order valence-electron chi connectivity index (χ0n) is 8.64. The molecule has 0 bridgehead atoms. The number of hydrogen-bond acceptors (Lipinski definition) is 2. The lowest BCUT2D eigenvalue weighted by molar-refractivity contribution is -0.142. The minimum atomic E-state index is -4.57. The van der Waals surface area contributed by atoms with Gasteiger partial charge >= 0.3 is 6.18 Å². The molecule has 1 heterocycles. The Morgan fingerprint density at radius 2 is 1.93 bits per heavy atom. The van der Waals surface area contributed by atoms with Crippen molar-refractivity contribution in [2.75, 3.05) is 0 Å². The average Bonchev–Trinajstić information content (AvgIpc) is 2.13. The first kappa shape index (κ1) is 11.7. The second kappa shape index (κ2) is 3.67. The summed E-state index contributed by atoms with van der Waals surface area (Å²) in [7, 11) is 1.42. The van der Waals surface area contributed by atoms with Crippen LogP contribution < -0.4 is 5.56 Å². The highest BCUT2D eigenvalue weighted by Gasteiger charge is 2.36. The molecule has 0 N–H and O–H groups in total. The predicted octanol–water partition coefficient (Wildman–Crippen LogP) is 1.67. The molecule has 0 aliphatic rings. The third kappa shape index (κ3) is 2.03. The van der Waals surface area contributed by atoms with Gasteiger partial charge in [-0.05, 0) is 6.92 Å². The van der Waals surface area contributed by atoms with E-state index in [0.717, 1.165) is 11.5 Å². The normalized spacial score (nSPS) is 11.9. The van der Waals surface area contributed by atoms with Crippen LogP contribution >= 0.6 is 0 Å². The van der Waals surface area contributed by atoms with Crippen LogP contribution in [0.15, 0.2) is 4.79 Å². The summed E-state index contributed by atoms with van der Waals surface area (Å²) in [5, 5.41) is 0. The Morgan fingerprint density at radius 3 is 2.33 bits per heavy atom. The van der Waals surface area contributed by atoms with Gasteiger partial charge in [-0.25, -0.2) is 4.98 Å². The van der Waals surface area contributed by atoms with E-state index in [9.17, 15) is 18.0 Å². The molecule has 1 aromatic rings. The van der Waals surface area contributed by atoms with E-state index >= 15 is 0 Å². The highest BCUT2D eigenvalue weighted by Crippen LogP contribution is 2.28. The van der Waals surface area contributed by atoms with Crippen LogP contribution in [0.4, 0.5) is 13.2 Å². The molecule has 0 fully saturated rings. The standard InChI is InChI=1S/C9H11F3N2O/c1-4-6-13-7(9(10,11)12)5(2)8(15)14(6)3/h4H2,1-3H3. The van der Waals surface area contributed by atoms with Gasteiger partial charge in [-0.2, -0.15) is 13.2 Å². The monoisotopic (exact) mass is 220 g/mol. The number of hydrogen-bond donors (Lipinski definition) is 0. The molecule has 0 atom stereocenters. The summed E-state index contributed by atoms with van der Waals surface area (Å²) in [4.78, 5) is 14.9. The molecule has 1 rings (SSSR count). The fraction of sp³-hybridized carbons (Fsp3) is 0.556. The van der Waals surface area contributed by atoms with Crippen molar-refractivity contribution >= 4 is 0 Å². The Labute approximate surface area is 84.6 Å². The van der Waals surface area contributed by atoms with Crippen molar-refractivity contribution < 1.29 is 13.2 Å². The molecule has 0 radical (unpaired) electrons. The van der Waals surface area contributed by atoms with Crippen molar-refractivity contribution in [3.63, 3.8) is 0 Å². The number of aryl methyl sites for hydroxylation is 1. The number of nitrogens with zero attached hydrogens (tertiary/aromatic N) is 2. The van der Waals surface area contributed by atoms with E-state index in [1.165, 1.54) is 7.05 Å². The molecule has 15 heavy (non-hydrogen) atoms. The molecule has 84 valence electrons. The van der Waals surface area contributed by atoms with Crippen LogP contribution in [0.3, 0.4) is 0 Å². The van der Waals surface area contributed by atoms with Gasteiger partial charge in [0, 0.05) is 19.0 Å². The van der Waals surface area contributed by atoms with E-state index in [0.29, 0.717) is 0 Å². The number of aromatic nitrogens is 2. The van der Waals surface area contributed by atoms with Crippen molar-refractivity contribution in [1.82, 2.24) is 9.55 Å². The van der Waals surface area contributed by atoms with Crippen LogP contribution in [0, 0.1) is 6.92 Å². The van der Waals surface area contributed by atoms with Gasteiger partial charge in [0.25, 0.3) is 5.56 Å². The van der Waals surface area contributed by atoms with E-state index in [-0.39, 0.29) is 17.8 Å². The maximum atomic E-state index is 12.5. The third-order valence-corrected chi connectivity index (χ3v) is 2.19. The fourth-order valence-corrected chi connectivity index (χ4v) is 1.35. The van der Waals surface area contributed by atoms with Crippen LogP contribution in [-0.4, -0.2) is 9.55 Å². The Morgan fingerprint density at radius 1 is 1.40 bits per heavy atom. The minimum Gasteiger partial charge on any atom is -0.300 e. The van der Waals surface area contributed by atoms with Crippen LogP contribution in [0.25, 0.3) is 0 Å². The maximum absolute atomic E-state index is 12.5. The van der Waals surface area contributed by atoms with Gasteiger partial charge in [0.1, 0.15) is 5.82 Å². The zero-order chi connectivity index (χ0) is 11.8. The highest BCUT2D eigenvalue weighted by atomic mass is 19.4. The minimum absolute atomic E-state index is 0.137. The molecule has 0 aliphatic heterocycles. The summed E-state index contributed by atoms with van der Waals surface area (Å²) in [6.07, 6.45) is -4.28. The highest BCUT2D eigenvalue weighted by molar-refractivity contribution is 5.19. The van der Waals surface area contributed by atoms with Gasteiger partial charge in [0.05, 0.1) is 0 Å². The van der Waals surface area contributed by atoms with Crippen LogP contribution in [-0.2, 0) is 19.6 Å². The second-order valence-electron chi connectivity index (χ2n) is 3.22. The first-order valence-corrected chi connectivity index (χ1v) is 4.42. The van der Waals surface area contributed by atoms with Crippen LogP contribution in [0.2, 0.25) is 0 Å². The van der Waals surface area contributed by atoms with E-state index in [1.807, 2.05) is 0 Å². The summed E-state index contributed by atoms with van der Waals surface area (Å²) < 4.78 is 38.5.